The van der Waals surface area contributed by atoms with Crippen molar-refractivity contribution in [3.8, 4) is 5.75 Å². The van der Waals surface area contributed by atoms with Crippen LogP contribution in [-0.4, -0.2) is 47.0 Å². The molecule has 1 saturated heterocycles. The summed E-state index contributed by atoms with van der Waals surface area (Å²) >= 11 is 7.65. The standard InChI is InChI=1S/C29H32ClFN4O2S/c30-23-16-32-29(33-17-23)34-8-3-19(4-9-34)25-13-20(25)6-11-37-24-2-1-21(26(31)15-24)14-28(36)35-10-5-27-22(18-35)7-12-38-27/h1-2,7,12,15-17,19-20,25H,3-6,8-11,13-14,18H2/t20-,25-/m1/s1. The fourth-order valence-corrected chi connectivity index (χ4v) is 6.99. The molecule has 2 aromatic heterocycles. The number of rotatable bonds is 8. The number of carbonyl (C=O) groups is 1. The Bertz CT molecular complexity index is 1280. The lowest BCUT2D eigenvalue weighted by molar-refractivity contribution is -0.131. The van der Waals surface area contributed by atoms with Gasteiger partial charge >= 0.3 is 0 Å². The number of halogens is 2. The van der Waals surface area contributed by atoms with Crippen LogP contribution in [-0.2, 0) is 24.2 Å². The van der Waals surface area contributed by atoms with Crippen LogP contribution >= 0.6 is 22.9 Å². The lowest BCUT2D eigenvalue weighted by Gasteiger charge is -2.32. The van der Waals surface area contributed by atoms with E-state index in [2.05, 4.69) is 26.3 Å². The van der Waals surface area contributed by atoms with E-state index in [0.717, 1.165) is 56.6 Å². The van der Waals surface area contributed by atoms with Gasteiger partial charge in [0, 0.05) is 37.1 Å². The molecule has 1 amide bonds. The summed E-state index contributed by atoms with van der Waals surface area (Å²) in [5, 5.41) is 2.63. The maximum Gasteiger partial charge on any atom is 0.227 e. The number of nitrogens with zero attached hydrogens (tertiary/aromatic N) is 4. The van der Waals surface area contributed by atoms with Crippen LogP contribution in [0.15, 0.2) is 42.0 Å². The Morgan fingerprint density at radius 1 is 1.16 bits per heavy atom. The number of hydrogen-bond donors (Lipinski definition) is 0. The summed E-state index contributed by atoms with van der Waals surface area (Å²) in [4.78, 5) is 26.9. The number of fused-ring (bicyclic) bond motifs is 1. The first kappa shape index (κ1) is 25.6. The fraction of sp³-hybridized carbons (Fsp3) is 0.483. The second-order valence-corrected chi connectivity index (χ2v) is 12.1. The second kappa shape index (κ2) is 11.2. The molecule has 0 radical (unpaired) electrons. The predicted octanol–water partition coefficient (Wildman–Crippen LogP) is 5.78. The number of hydrogen-bond acceptors (Lipinski definition) is 6. The molecule has 6 rings (SSSR count). The zero-order valence-electron chi connectivity index (χ0n) is 21.3. The summed E-state index contributed by atoms with van der Waals surface area (Å²) < 4.78 is 20.7. The molecule has 0 unspecified atom stereocenters. The molecule has 0 spiro atoms. The highest BCUT2D eigenvalue weighted by Gasteiger charge is 2.43. The Labute approximate surface area is 231 Å². The van der Waals surface area contributed by atoms with Crippen LogP contribution in [0.2, 0.25) is 5.02 Å². The fourth-order valence-electron chi connectivity index (χ4n) is 6.00. The number of ether oxygens (including phenoxy) is 1. The van der Waals surface area contributed by atoms with Gasteiger partial charge in [-0.05, 0) is 78.5 Å². The molecule has 3 aromatic rings. The van der Waals surface area contributed by atoms with Crippen molar-refractivity contribution in [1.82, 2.24) is 14.9 Å². The van der Waals surface area contributed by atoms with Crippen LogP contribution in [0.25, 0.3) is 0 Å². The van der Waals surface area contributed by atoms with Crippen molar-refractivity contribution in [3.63, 3.8) is 0 Å². The Balaban J connectivity index is 0.921. The molecule has 4 heterocycles. The van der Waals surface area contributed by atoms with Crippen LogP contribution in [0.1, 0.15) is 41.7 Å². The van der Waals surface area contributed by atoms with Crippen molar-refractivity contribution in [2.75, 3.05) is 31.1 Å². The van der Waals surface area contributed by atoms with Gasteiger partial charge in [0.2, 0.25) is 11.9 Å². The van der Waals surface area contributed by atoms with E-state index in [1.54, 1.807) is 35.9 Å². The second-order valence-electron chi connectivity index (χ2n) is 10.7. The number of benzene rings is 1. The topological polar surface area (TPSA) is 58.6 Å². The van der Waals surface area contributed by atoms with Gasteiger partial charge < -0.3 is 14.5 Å². The van der Waals surface area contributed by atoms with Crippen LogP contribution in [0.4, 0.5) is 10.3 Å². The molecule has 200 valence electrons. The number of thiophene rings is 1. The van der Waals surface area contributed by atoms with E-state index in [0.29, 0.717) is 41.9 Å². The summed E-state index contributed by atoms with van der Waals surface area (Å²) in [6.07, 6.45) is 8.83. The number of aromatic nitrogens is 2. The lowest BCUT2D eigenvalue weighted by Crippen LogP contribution is -2.36. The predicted molar refractivity (Wildman–Crippen MR) is 147 cm³/mol. The van der Waals surface area contributed by atoms with Crippen LogP contribution in [0, 0.1) is 23.6 Å². The smallest absolute Gasteiger partial charge is 0.227 e. The molecule has 9 heteroatoms. The zero-order valence-corrected chi connectivity index (χ0v) is 22.9. The minimum Gasteiger partial charge on any atom is -0.493 e. The third-order valence-corrected chi connectivity index (χ3v) is 9.51. The van der Waals surface area contributed by atoms with Gasteiger partial charge in [-0.15, -0.1) is 11.3 Å². The van der Waals surface area contributed by atoms with E-state index < -0.39 is 0 Å². The number of carbonyl (C=O) groups excluding carboxylic acids is 1. The normalized spacial score (nSPS) is 21.3. The van der Waals surface area contributed by atoms with Crippen LogP contribution < -0.4 is 9.64 Å². The largest absolute Gasteiger partial charge is 0.493 e. The highest BCUT2D eigenvalue weighted by Crippen LogP contribution is 2.49. The zero-order chi connectivity index (χ0) is 26.1. The molecule has 2 aliphatic heterocycles. The molecule has 0 bridgehead atoms. The first-order chi connectivity index (χ1) is 18.5. The molecule has 38 heavy (non-hydrogen) atoms. The SMILES string of the molecule is O=C(Cc1ccc(OCC[C@@H]2C[C@@H]2C2CCN(c3ncc(Cl)cn3)CC2)cc1F)N1CCc2sccc2C1. The van der Waals surface area contributed by atoms with E-state index in [4.69, 9.17) is 16.3 Å². The van der Waals surface area contributed by atoms with Gasteiger partial charge in [-0.3, -0.25) is 4.79 Å². The summed E-state index contributed by atoms with van der Waals surface area (Å²) in [7, 11) is 0. The maximum atomic E-state index is 14.8. The molecular weight excluding hydrogens is 523 g/mol. The Morgan fingerprint density at radius 3 is 2.76 bits per heavy atom. The minimum absolute atomic E-state index is 0.0271. The summed E-state index contributed by atoms with van der Waals surface area (Å²) in [6, 6.07) is 6.99. The lowest BCUT2D eigenvalue weighted by atomic mass is 9.90. The summed E-state index contributed by atoms with van der Waals surface area (Å²) in [5.41, 5.74) is 1.64. The third kappa shape index (κ3) is 5.81. The maximum absolute atomic E-state index is 14.8. The molecule has 1 saturated carbocycles. The third-order valence-electron chi connectivity index (χ3n) is 8.30. The van der Waals surface area contributed by atoms with Gasteiger partial charge in [-0.25, -0.2) is 14.4 Å². The minimum atomic E-state index is -0.371. The number of piperidine rings is 1. The molecule has 2 fully saturated rings. The first-order valence-corrected chi connectivity index (χ1v) is 14.8. The van der Waals surface area contributed by atoms with Crippen molar-refractivity contribution in [3.05, 3.63) is 68.9 Å². The van der Waals surface area contributed by atoms with Gasteiger partial charge in [-0.1, -0.05) is 17.7 Å². The van der Waals surface area contributed by atoms with Crippen molar-refractivity contribution in [1.29, 1.82) is 0 Å². The molecular formula is C29H32ClFN4O2S. The highest BCUT2D eigenvalue weighted by atomic mass is 35.5. The van der Waals surface area contributed by atoms with Crippen molar-refractivity contribution >= 4 is 34.8 Å². The van der Waals surface area contributed by atoms with Crippen LogP contribution in [0.3, 0.4) is 0 Å². The highest BCUT2D eigenvalue weighted by molar-refractivity contribution is 7.10. The van der Waals surface area contributed by atoms with Crippen LogP contribution in [0.5, 0.6) is 5.75 Å². The quantitative estimate of drug-likeness (QED) is 0.353. The Hall–Kier alpha value is -2.71. The molecule has 6 nitrogen and oxygen atoms in total. The van der Waals surface area contributed by atoms with Crippen molar-refractivity contribution in [2.45, 2.75) is 45.1 Å². The molecule has 2 atom stereocenters. The molecule has 3 aliphatic rings. The van der Waals surface area contributed by atoms with Crippen molar-refractivity contribution in [2.24, 2.45) is 17.8 Å². The van der Waals surface area contributed by atoms with Gasteiger partial charge in [0.05, 0.1) is 30.4 Å². The average molecular weight is 555 g/mol. The van der Waals surface area contributed by atoms with Gasteiger partial charge in [-0.2, -0.15) is 0 Å². The van der Waals surface area contributed by atoms with E-state index in [1.807, 2.05) is 4.90 Å². The average Bonchev–Trinajstić information content (AvgIpc) is 3.55. The van der Waals surface area contributed by atoms with Gasteiger partial charge in [0.15, 0.2) is 0 Å². The molecule has 1 aromatic carbocycles. The number of anilines is 1. The Morgan fingerprint density at radius 2 is 1.97 bits per heavy atom. The first-order valence-electron chi connectivity index (χ1n) is 13.5. The van der Waals surface area contributed by atoms with E-state index >= 15 is 0 Å². The number of amides is 1. The molecule has 0 N–H and O–H groups in total. The molecule has 1 aliphatic carbocycles. The monoisotopic (exact) mass is 554 g/mol. The van der Waals surface area contributed by atoms with Crippen molar-refractivity contribution < 1.29 is 13.9 Å². The summed E-state index contributed by atoms with van der Waals surface area (Å²) in [6.45, 7) is 3.87. The van der Waals surface area contributed by atoms with E-state index in [1.165, 1.54) is 22.9 Å². The van der Waals surface area contributed by atoms with E-state index in [9.17, 15) is 9.18 Å². The van der Waals surface area contributed by atoms with Gasteiger partial charge in [0.25, 0.3) is 0 Å². The van der Waals surface area contributed by atoms with E-state index in [-0.39, 0.29) is 18.1 Å². The Kier molecular flexibility index (Phi) is 7.52. The van der Waals surface area contributed by atoms with Gasteiger partial charge in [0.1, 0.15) is 11.6 Å². The summed E-state index contributed by atoms with van der Waals surface area (Å²) in [5.74, 6) is 3.09.